The van der Waals surface area contributed by atoms with Crippen molar-refractivity contribution in [1.29, 1.82) is 0 Å². The lowest BCUT2D eigenvalue weighted by atomic mass is 10.2. The lowest BCUT2D eigenvalue weighted by molar-refractivity contribution is 0.112. The zero-order valence-corrected chi connectivity index (χ0v) is 12.0. The van der Waals surface area contributed by atoms with Gasteiger partial charge in [0.05, 0.1) is 19.7 Å². The summed E-state index contributed by atoms with van der Waals surface area (Å²) in [7, 11) is 1.73. The van der Waals surface area contributed by atoms with Crippen LogP contribution in [0.25, 0.3) is 0 Å². The number of aryl methyl sites for hydroxylation is 1. The molecule has 0 saturated heterocycles. The van der Waals surface area contributed by atoms with E-state index in [9.17, 15) is 0 Å². The lowest BCUT2D eigenvalue weighted by Gasteiger charge is -2.27. The topological polar surface area (TPSA) is 51.6 Å². The van der Waals surface area contributed by atoms with E-state index in [2.05, 4.69) is 24.8 Å². The fourth-order valence-electron chi connectivity index (χ4n) is 1.99. The minimum Gasteiger partial charge on any atom is -0.463 e. The number of ether oxygens (including phenoxy) is 1. The lowest BCUT2D eigenvalue weighted by Crippen LogP contribution is -2.34. The largest absolute Gasteiger partial charge is 0.463 e. The Kier molecular flexibility index (Phi) is 6.39. The number of furan rings is 1. The highest BCUT2D eigenvalue weighted by atomic mass is 16.5. The number of hydrogen-bond acceptors (Lipinski definition) is 4. The fourth-order valence-corrected chi connectivity index (χ4v) is 1.99. The normalized spacial score (nSPS) is 13.2. The van der Waals surface area contributed by atoms with Crippen LogP contribution in [0.1, 0.15) is 37.4 Å². The van der Waals surface area contributed by atoms with Crippen molar-refractivity contribution in [2.75, 3.05) is 20.3 Å². The molecule has 1 unspecified atom stereocenters. The standard InChI is InChI=1S/C14H26N2O2/c1-5-12(3)16(6-7-17-4)10-13-8-11(2)14(9-15)18-13/h8,12H,5-7,9-10,15H2,1-4H3. The first kappa shape index (κ1) is 15.2. The van der Waals surface area contributed by atoms with Gasteiger partial charge in [-0.2, -0.15) is 0 Å². The fraction of sp³-hybridized carbons (Fsp3) is 0.714. The van der Waals surface area contributed by atoms with Crippen LogP contribution in [0.3, 0.4) is 0 Å². The summed E-state index contributed by atoms with van der Waals surface area (Å²) in [5.74, 6) is 1.88. The molecule has 0 aliphatic heterocycles. The quantitative estimate of drug-likeness (QED) is 0.773. The number of nitrogens with two attached hydrogens (primary N) is 1. The molecule has 0 aromatic carbocycles. The first-order valence-electron chi connectivity index (χ1n) is 6.63. The van der Waals surface area contributed by atoms with Crippen molar-refractivity contribution in [3.05, 3.63) is 23.2 Å². The molecule has 1 aromatic heterocycles. The number of hydrogen-bond donors (Lipinski definition) is 1. The molecule has 18 heavy (non-hydrogen) atoms. The molecule has 4 heteroatoms. The van der Waals surface area contributed by atoms with Gasteiger partial charge in [-0.05, 0) is 31.9 Å². The van der Waals surface area contributed by atoms with E-state index < -0.39 is 0 Å². The molecule has 0 radical (unpaired) electrons. The van der Waals surface area contributed by atoms with Gasteiger partial charge in [0.2, 0.25) is 0 Å². The van der Waals surface area contributed by atoms with Crippen molar-refractivity contribution in [2.24, 2.45) is 5.73 Å². The molecule has 1 heterocycles. The maximum Gasteiger partial charge on any atom is 0.120 e. The zero-order chi connectivity index (χ0) is 13.5. The number of methoxy groups -OCH3 is 1. The Morgan fingerprint density at radius 1 is 1.50 bits per heavy atom. The summed E-state index contributed by atoms with van der Waals surface area (Å²) in [5, 5.41) is 0. The molecular formula is C14H26N2O2. The van der Waals surface area contributed by atoms with Crippen LogP contribution in [0.5, 0.6) is 0 Å². The molecule has 0 aliphatic rings. The number of nitrogens with zero attached hydrogens (tertiary/aromatic N) is 1. The van der Waals surface area contributed by atoms with Crippen molar-refractivity contribution in [3.63, 3.8) is 0 Å². The van der Waals surface area contributed by atoms with Crippen LogP contribution in [0.2, 0.25) is 0 Å². The first-order valence-corrected chi connectivity index (χ1v) is 6.63. The van der Waals surface area contributed by atoms with Gasteiger partial charge in [0.1, 0.15) is 11.5 Å². The Morgan fingerprint density at radius 3 is 2.72 bits per heavy atom. The minimum absolute atomic E-state index is 0.466. The third-order valence-electron chi connectivity index (χ3n) is 3.41. The maximum atomic E-state index is 5.76. The second-order valence-corrected chi connectivity index (χ2v) is 4.74. The van der Waals surface area contributed by atoms with Gasteiger partial charge in [-0.3, -0.25) is 4.90 Å². The molecular weight excluding hydrogens is 228 g/mol. The molecule has 1 atom stereocenters. The smallest absolute Gasteiger partial charge is 0.120 e. The molecule has 0 spiro atoms. The van der Waals surface area contributed by atoms with Crippen LogP contribution < -0.4 is 5.73 Å². The van der Waals surface area contributed by atoms with Crippen molar-refractivity contribution >= 4 is 0 Å². The van der Waals surface area contributed by atoms with Crippen LogP contribution in [0.4, 0.5) is 0 Å². The Morgan fingerprint density at radius 2 is 2.22 bits per heavy atom. The van der Waals surface area contributed by atoms with Crippen molar-refractivity contribution < 1.29 is 9.15 Å². The summed E-state index contributed by atoms with van der Waals surface area (Å²) in [5.41, 5.74) is 6.78. The van der Waals surface area contributed by atoms with Crippen molar-refractivity contribution in [3.8, 4) is 0 Å². The Balaban J connectivity index is 2.68. The van der Waals surface area contributed by atoms with Crippen molar-refractivity contribution in [1.82, 2.24) is 4.90 Å². The predicted molar refractivity (Wildman–Crippen MR) is 73.4 cm³/mol. The predicted octanol–water partition coefficient (Wildman–Crippen LogP) is 2.29. The van der Waals surface area contributed by atoms with E-state index in [1.54, 1.807) is 7.11 Å². The summed E-state index contributed by atoms with van der Waals surface area (Å²) in [6, 6.07) is 2.61. The zero-order valence-electron chi connectivity index (χ0n) is 12.0. The van der Waals surface area contributed by atoms with E-state index in [4.69, 9.17) is 14.9 Å². The Hall–Kier alpha value is -0.840. The summed E-state index contributed by atoms with van der Waals surface area (Å²) in [4.78, 5) is 2.38. The number of rotatable bonds is 8. The average molecular weight is 254 g/mol. The highest BCUT2D eigenvalue weighted by Crippen LogP contribution is 2.17. The molecule has 0 fully saturated rings. The van der Waals surface area contributed by atoms with Gasteiger partial charge in [0.25, 0.3) is 0 Å². The molecule has 1 aromatic rings. The van der Waals surface area contributed by atoms with Gasteiger partial charge in [-0.1, -0.05) is 6.92 Å². The Bertz CT molecular complexity index is 350. The van der Waals surface area contributed by atoms with Crippen molar-refractivity contribution in [2.45, 2.75) is 46.3 Å². The molecule has 0 amide bonds. The van der Waals surface area contributed by atoms with Gasteiger partial charge >= 0.3 is 0 Å². The Labute approximate surface area is 110 Å². The molecule has 1 rings (SSSR count). The average Bonchev–Trinajstić information content (AvgIpc) is 2.73. The summed E-state index contributed by atoms with van der Waals surface area (Å²) < 4.78 is 10.9. The van der Waals surface area contributed by atoms with Gasteiger partial charge in [-0.15, -0.1) is 0 Å². The van der Waals surface area contributed by atoms with Gasteiger partial charge in [0.15, 0.2) is 0 Å². The van der Waals surface area contributed by atoms with E-state index in [0.717, 1.165) is 43.2 Å². The van der Waals surface area contributed by atoms with E-state index in [0.29, 0.717) is 12.6 Å². The van der Waals surface area contributed by atoms with Crippen LogP contribution in [0.15, 0.2) is 10.5 Å². The second-order valence-electron chi connectivity index (χ2n) is 4.74. The van der Waals surface area contributed by atoms with E-state index in [1.807, 2.05) is 6.92 Å². The van der Waals surface area contributed by atoms with Crippen LogP contribution in [-0.2, 0) is 17.8 Å². The minimum atomic E-state index is 0.466. The molecule has 104 valence electrons. The van der Waals surface area contributed by atoms with Crippen LogP contribution >= 0.6 is 0 Å². The van der Waals surface area contributed by atoms with Crippen LogP contribution in [-0.4, -0.2) is 31.2 Å². The third-order valence-corrected chi connectivity index (χ3v) is 3.41. The summed E-state index contributed by atoms with van der Waals surface area (Å²) in [6.45, 7) is 9.42. The van der Waals surface area contributed by atoms with Gasteiger partial charge in [-0.25, -0.2) is 0 Å². The third kappa shape index (κ3) is 4.12. The SMILES string of the molecule is CCC(C)N(CCOC)Cc1cc(C)c(CN)o1. The van der Waals surface area contributed by atoms with Gasteiger partial charge in [0, 0.05) is 19.7 Å². The van der Waals surface area contributed by atoms with Crippen LogP contribution in [0, 0.1) is 6.92 Å². The second kappa shape index (κ2) is 7.56. The molecule has 4 nitrogen and oxygen atoms in total. The summed E-state index contributed by atoms with van der Waals surface area (Å²) in [6.07, 6.45) is 1.12. The highest BCUT2D eigenvalue weighted by Gasteiger charge is 2.15. The monoisotopic (exact) mass is 254 g/mol. The molecule has 0 aliphatic carbocycles. The molecule has 0 bridgehead atoms. The highest BCUT2D eigenvalue weighted by molar-refractivity contribution is 5.19. The molecule has 0 saturated carbocycles. The molecule has 2 N–H and O–H groups in total. The summed E-state index contributed by atoms with van der Waals surface area (Å²) >= 11 is 0. The van der Waals surface area contributed by atoms with E-state index in [1.165, 1.54) is 0 Å². The van der Waals surface area contributed by atoms with E-state index >= 15 is 0 Å². The van der Waals surface area contributed by atoms with E-state index in [-0.39, 0.29) is 0 Å². The first-order chi connectivity index (χ1) is 8.62. The van der Waals surface area contributed by atoms with Gasteiger partial charge < -0.3 is 14.9 Å². The maximum absolute atomic E-state index is 5.76.